The van der Waals surface area contributed by atoms with Gasteiger partial charge in [0.25, 0.3) is 0 Å². The van der Waals surface area contributed by atoms with Crippen molar-refractivity contribution in [1.29, 1.82) is 0 Å². The number of fused-ring (bicyclic) bond motifs is 1. The summed E-state index contributed by atoms with van der Waals surface area (Å²) in [7, 11) is 0. The van der Waals surface area contributed by atoms with Gasteiger partial charge in [-0.05, 0) is 29.6 Å². The molecular formula is C11H7BrN2S2. The number of rotatable bonds is 2. The van der Waals surface area contributed by atoms with Crippen molar-refractivity contribution in [3.05, 3.63) is 39.5 Å². The molecule has 2 aromatic heterocycles. The molecule has 0 fully saturated rings. The summed E-state index contributed by atoms with van der Waals surface area (Å²) in [5, 5.41) is 8.35. The highest BCUT2D eigenvalue weighted by atomic mass is 79.9. The van der Waals surface area contributed by atoms with E-state index in [2.05, 4.69) is 37.7 Å². The molecule has 1 aromatic carbocycles. The van der Waals surface area contributed by atoms with E-state index < -0.39 is 0 Å². The van der Waals surface area contributed by atoms with Crippen molar-refractivity contribution < 1.29 is 0 Å². The lowest BCUT2D eigenvalue weighted by Gasteiger charge is -1.95. The van der Waals surface area contributed by atoms with Gasteiger partial charge in [0.1, 0.15) is 0 Å². The zero-order chi connectivity index (χ0) is 11.0. The molecule has 0 aliphatic heterocycles. The number of halogens is 1. The number of thiophene rings is 1. The first-order chi connectivity index (χ1) is 7.81. The lowest BCUT2D eigenvalue weighted by Crippen LogP contribution is -1.85. The van der Waals surface area contributed by atoms with E-state index >= 15 is 0 Å². The summed E-state index contributed by atoms with van der Waals surface area (Å²) in [5.41, 5.74) is 2.13. The minimum atomic E-state index is 0.937. The number of nitrogens with one attached hydrogen (secondary N) is 1. The first-order valence-corrected chi connectivity index (χ1v) is 7.22. The molecule has 3 aromatic rings. The van der Waals surface area contributed by atoms with Crippen LogP contribution in [0.15, 0.2) is 39.5 Å². The number of anilines is 2. The SMILES string of the molecule is Brc1ccc2sc(Nc3ccsc3)nc2c1. The van der Waals surface area contributed by atoms with E-state index in [1.807, 2.05) is 23.6 Å². The van der Waals surface area contributed by atoms with Crippen LogP contribution >= 0.6 is 38.6 Å². The third-order valence-electron chi connectivity index (χ3n) is 2.12. The number of nitrogens with zero attached hydrogens (tertiary/aromatic N) is 1. The van der Waals surface area contributed by atoms with Crippen LogP contribution in [0.1, 0.15) is 0 Å². The normalized spacial score (nSPS) is 10.8. The first kappa shape index (κ1) is 10.3. The predicted octanol–water partition coefficient (Wildman–Crippen LogP) is 4.86. The van der Waals surface area contributed by atoms with Crippen molar-refractivity contribution >= 4 is 59.6 Å². The number of aromatic nitrogens is 1. The van der Waals surface area contributed by atoms with Crippen molar-refractivity contribution in [3.8, 4) is 0 Å². The average molecular weight is 311 g/mol. The minimum Gasteiger partial charge on any atom is -0.331 e. The average Bonchev–Trinajstić information content (AvgIpc) is 2.86. The third-order valence-corrected chi connectivity index (χ3v) is 4.25. The Labute approximate surface area is 109 Å². The molecule has 0 saturated heterocycles. The van der Waals surface area contributed by atoms with Crippen LogP contribution in [0, 0.1) is 0 Å². The highest BCUT2D eigenvalue weighted by Gasteiger charge is 2.04. The van der Waals surface area contributed by atoms with Gasteiger partial charge in [0.05, 0.1) is 15.9 Å². The van der Waals surface area contributed by atoms with Gasteiger partial charge in [-0.15, -0.1) is 0 Å². The van der Waals surface area contributed by atoms with Crippen LogP contribution in [0.2, 0.25) is 0 Å². The van der Waals surface area contributed by atoms with Gasteiger partial charge in [-0.2, -0.15) is 11.3 Å². The van der Waals surface area contributed by atoms with E-state index in [9.17, 15) is 0 Å². The molecule has 0 amide bonds. The summed E-state index contributed by atoms with van der Waals surface area (Å²) < 4.78 is 2.26. The second-order valence-electron chi connectivity index (χ2n) is 3.27. The van der Waals surface area contributed by atoms with E-state index in [1.54, 1.807) is 22.7 Å². The summed E-state index contributed by atoms with van der Waals surface area (Å²) in [6.45, 7) is 0. The fourth-order valence-corrected chi connectivity index (χ4v) is 3.22. The second-order valence-corrected chi connectivity index (χ2v) is 5.99. The maximum atomic E-state index is 4.53. The van der Waals surface area contributed by atoms with Crippen LogP contribution in [0.5, 0.6) is 0 Å². The van der Waals surface area contributed by atoms with Gasteiger partial charge in [0, 0.05) is 9.85 Å². The largest absolute Gasteiger partial charge is 0.331 e. The Morgan fingerprint density at radius 3 is 3.00 bits per heavy atom. The van der Waals surface area contributed by atoms with Crippen LogP contribution in [0.25, 0.3) is 10.2 Å². The Morgan fingerprint density at radius 1 is 1.25 bits per heavy atom. The molecule has 0 radical (unpaired) electrons. The van der Waals surface area contributed by atoms with Gasteiger partial charge < -0.3 is 5.32 Å². The maximum absolute atomic E-state index is 4.53. The minimum absolute atomic E-state index is 0.937. The molecule has 0 atom stereocenters. The quantitative estimate of drug-likeness (QED) is 0.731. The van der Waals surface area contributed by atoms with Crippen molar-refractivity contribution in [3.63, 3.8) is 0 Å². The van der Waals surface area contributed by atoms with Crippen molar-refractivity contribution in [2.75, 3.05) is 5.32 Å². The van der Waals surface area contributed by atoms with Crippen LogP contribution in [-0.4, -0.2) is 4.98 Å². The van der Waals surface area contributed by atoms with Crippen molar-refractivity contribution in [1.82, 2.24) is 4.98 Å². The first-order valence-electron chi connectivity index (χ1n) is 4.66. The van der Waals surface area contributed by atoms with E-state index in [0.717, 1.165) is 20.8 Å². The van der Waals surface area contributed by atoms with Gasteiger partial charge in [-0.3, -0.25) is 0 Å². The highest BCUT2D eigenvalue weighted by molar-refractivity contribution is 9.10. The monoisotopic (exact) mass is 310 g/mol. The topological polar surface area (TPSA) is 24.9 Å². The van der Waals surface area contributed by atoms with E-state index in [4.69, 9.17) is 0 Å². The zero-order valence-corrected chi connectivity index (χ0v) is 11.3. The standard InChI is InChI=1S/C11H7BrN2S2/c12-7-1-2-10-9(5-7)14-11(16-10)13-8-3-4-15-6-8/h1-6H,(H,13,14). The molecule has 2 nitrogen and oxygen atoms in total. The highest BCUT2D eigenvalue weighted by Crippen LogP contribution is 2.30. The summed E-state index contributed by atoms with van der Waals surface area (Å²) >= 11 is 6.79. The van der Waals surface area contributed by atoms with Gasteiger partial charge in [0.2, 0.25) is 0 Å². The third kappa shape index (κ3) is 1.98. The Morgan fingerprint density at radius 2 is 2.19 bits per heavy atom. The van der Waals surface area contributed by atoms with E-state index in [-0.39, 0.29) is 0 Å². The number of benzene rings is 1. The molecule has 2 heterocycles. The van der Waals surface area contributed by atoms with Crippen LogP contribution < -0.4 is 5.32 Å². The van der Waals surface area contributed by atoms with Crippen molar-refractivity contribution in [2.24, 2.45) is 0 Å². The molecule has 16 heavy (non-hydrogen) atoms. The molecule has 0 unspecified atom stereocenters. The van der Waals surface area contributed by atoms with Gasteiger partial charge in [-0.1, -0.05) is 27.3 Å². The molecule has 80 valence electrons. The van der Waals surface area contributed by atoms with Crippen LogP contribution in [0.3, 0.4) is 0 Å². The van der Waals surface area contributed by atoms with Gasteiger partial charge in [0.15, 0.2) is 5.13 Å². The Hall–Kier alpha value is -0.910. The zero-order valence-electron chi connectivity index (χ0n) is 8.11. The second kappa shape index (κ2) is 4.16. The molecule has 0 spiro atoms. The molecule has 0 bridgehead atoms. The summed E-state index contributed by atoms with van der Waals surface area (Å²) in [6.07, 6.45) is 0. The molecule has 3 rings (SSSR count). The van der Waals surface area contributed by atoms with Crippen molar-refractivity contribution in [2.45, 2.75) is 0 Å². The number of hydrogen-bond acceptors (Lipinski definition) is 4. The van der Waals surface area contributed by atoms with Crippen LogP contribution in [0.4, 0.5) is 10.8 Å². The summed E-state index contributed by atoms with van der Waals surface area (Å²) in [6, 6.07) is 8.20. The smallest absolute Gasteiger partial charge is 0.188 e. The van der Waals surface area contributed by atoms with E-state index in [1.165, 1.54) is 4.70 Å². The Balaban J connectivity index is 1.99. The predicted molar refractivity (Wildman–Crippen MR) is 74.9 cm³/mol. The van der Waals surface area contributed by atoms with E-state index in [0.29, 0.717) is 0 Å². The van der Waals surface area contributed by atoms with Crippen LogP contribution in [-0.2, 0) is 0 Å². The Kier molecular flexibility index (Phi) is 2.67. The lowest BCUT2D eigenvalue weighted by molar-refractivity contribution is 1.45. The fourth-order valence-electron chi connectivity index (χ4n) is 1.41. The number of thiazole rings is 1. The van der Waals surface area contributed by atoms with Gasteiger partial charge in [-0.25, -0.2) is 4.98 Å². The maximum Gasteiger partial charge on any atom is 0.188 e. The molecule has 0 aliphatic carbocycles. The molecule has 0 aliphatic rings. The molecule has 5 heteroatoms. The summed E-state index contributed by atoms with van der Waals surface area (Å²) in [4.78, 5) is 4.53. The lowest BCUT2D eigenvalue weighted by atomic mass is 10.3. The summed E-state index contributed by atoms with van der Waals surface area (Å²) in [5.74, 6) is 0. The molecule has 1 N–H and O–H groups in total. The number of hydrogen-bond donors (Lipinski definition) is 1. The Bertz CT molecular complexity index is 616. The fraction of sp³-hybridized carbons (Fsp3) is 0. The van der Waals surface area contributed by atoms with Gasteiger partial charge >= 0.3 is 0 Å². The molecule has 0 saturated carbocycles. The molecular weight excluding hydrogens is 304 g/mol.